The van der Waals surface area contributed by atoms with Crippen LogP contribution in [0.4, 0.5) is 0 Å². The maximum Gasteiger partial charge on any atom is 0.0811 e. The molecular formula is C10H14BrNO. The fraction of sp³-hybridized carbons (Fsp3) is 0.500. The van der Waals surface area contributed by atoms with Gasteiger partial charge < -0.3 is 5.11 Å². The summed E-state index contributed by atoms with van der Waals surface area (Å²) in [6.07, 6.45) is 5.02. The molecule has 1 heterocycles. The number of aliphatic hydroxyl groups excluding tert-OH is 1. The molecule has 72 valence electrons. The maximum absolute atomic E-state index is 9.44. The summed E-state index contributed by atoms with van der Waals surface area (Å²) in [5.41, 5.74) is 2.20. The number of aromatic nitrogens is 1. The number of hydrogen-bond acceptors (Lipinski definition) is 2. The van der Waals surface area contributed by atoms with Crippen molar-refractivity contribution >= 4 is 15.9 Å². The number of rotatable bonds is 0. The Labute approximate surface area is 87.1 Å². The Balaban J connectivity index is 0.000000396. The van der Waals surface area contributed by atoms with Crippen molar-refractivity contribution in [1.82, 2.24) is 4.98 Å². The van der Waals surface area contributed by atoms with E-state index in [2.05, 4.69) is 20.9 Å². The summed E-state index contributed by atoms with van der Waals surface area (Å²) in [4.78, 5) is 4.00. The lowest BCUT2D eigenvalue weighted by atomic mass is 10.2. The van der Waals surface area contributed by atoms with E-state index >= 15 is 0 Å². The van der Waals surface area contributed by atoms with Crippen molar-refractivity contribution in [1.29, 1.82) is 0 Å². The van der Waals surface area contributed by atoms with Crippen LogP contribution < -0.4 is 0 Å². The molecule has 0 amide bonds. The van der Waals surface area contributed by atoms with Gasteiger partial charge in [0.25, 0.3) is 0 Å². The molecule has 2 nitrogen and oxygen atoms in total. The quantitative estimate of drug-likeness (QED) is 0.761. The van der Waals surface area contributed by atoms with E-state index in [4.69, 9.17) is 0 Å². The standard InChI is InChI=1S/C8H8BrNO.C2H6/c9-7-4-10-3-6-5(7)1-2-8(6)11;1-2/h3-4,8,11H,1-2H2;1-2H3. The summed E-state index contributed by atoms with van der Waals surface area (Å²) in [6.45, 7) is 4.00. The number of hydrogen-bond donors (Lipinski definition) is 1. The van der Waals surface area contributed by atoms with Crippen molar-refractivity contribution in [3.63, 3.8) is 0 Å². The van der Waals surface area contributed by atoms with Gasteiger partial charge in [-0.3, -0.25) is 4.98 Å². The molecule has 0 radical (unpaired) electrons. The van der Waals surface area contributed by atoms with Crippen LogP contribution in [0, 0.1) is 0 Å². The number of fused-ring (bicyclic) bond motifs is 1. The highest BCUT2D eigenvalue weighted by atomic mass is 79.9. The highest BCUT2D eigenvalue weighted by molar-refractivity contribution is 9.10. The van der Waals surface area contributed by atoms with E-state index in [1.165, 1.54) is 5.56 Å². The van der Waals surface area contributed by atoms with Crippen molar-refractivity contribution in [2.75, 3.05) is 0 Å². The van der Waals surface area contributed by atoms with Gasteiger partial charge in [-0.25, -0.2) is 0 Å². The number of pyridine rings is 1. The minimum absolute atomic E-state index is 0.296. The van der Waals surface area contributed by atoms with Crippen LogP contribution in [0.25, 0.3) is 0 Å². The fourth-order valence-electron chi connectivity index (χ4n) is 1.46. The predicted molar refractivity (Wildman–Crippen MR) is 56.6 cm³/mol. The highest BCUT2D eigenvalue weighted by Crippen LogP contribution is 2.34. The van der Waals surface area contributed by atoms with E-state index in [9.17, 15) is 5.11 Å². The molecule has 3 heteroatoms. The summed E-state index contributed by atoms with van der Waals surface area (Å²) in [5.74, 6) is 0. The zero-order chi connectivity index (χ0) is 9.84. The minimum atomic E-state index is -0.296. The molecule has 1 aliphatic rings. The molecule has 1 aromatic rings. The van der Waals surface area contributed by atoms with Crippen molar-refractivity contribution < 1.29 is 5.11 Å². The summed E-state index contributed by atoms with van der Waals surface area (Å²) < 4.78 is 1.02. The van der Waals surface area contributed by atoms with Gasteiger partial charge in [-0.2, -0.15) is 0 Å². The molecule has 1 aromatic heterocycles. The van der Waals surface area contributed by atoms with Crippen LogP contribution in [0.3, 0.4) is 0 Å². The Hall–Kier alpha value is -0.410. The van der Waals surface area contributed by atoms with E-state index in [0.29, 0.717) is 0 Å². The van der Waals surface area contributed by atoms with Gasteiger partial charge in [-0.1, -0.05) is 13.8 Å². The molecule has 2 rings (SSSR count). The molecule has 0 bridgehead atoms. The van der Waals surface area contributed by atoms with Crippen molar-refractivity contribution in [2.45, 2.75) is 32.8 Å². The third-order valence-electron chi connectivity index (χ3n) is 2.07. The molecule has 13 heavy (non-hydrogen) atoms. The summed E-state index contributed by atoms with van der Waals surface area (Å²) in [6, 6.07) is 0. The zero-order valence-corrected chi connectivity index (χ0v) is 9.50. The third kappa shape index (κ3) is 2.09. The Bertz CT molecular complexity index is 288. The fourth-order valence-corrected chi connectivity index (χ4v) is 2.01. The van der Waals surface area contributed by atoms with Gasteiger partial charge in [0.05, 0.1) is 6.10 Å². The average molecular weight is 244 g/mol. The molecule has 0 saturated heterocycles. The SMILES string of the molecule is CC.OC1CCc2c(Br)cncc21. The molecule has 0 aromatic carbocycles. The second-order valence-electron chi connectivity index (χ2n) is 2.74. The topological polar surface area (TPSA) is 33.1 Å². The van der Waals surface area contributed by atoms with Gasteiger partial charge >= 0.3 is 0 Å². The van der Waals surface area contributed by atoms with Gasteiger partial charge in [0.15, 0.2) is 0 Å². The first-order chi connectivity index (χ1) is 6.29. The van der Waals surface area contributed by atoms with Gasteiger partial charge in [0, 0.05) is 22.4 Å². The molecule has 0 fully saturated rings. The first kappa shape index (κ1) is 10.7. The second kappa shape index (κ2) is 4.72. The lowest BCUT2D eigenvalue weighted by molar-refractivity contribution is 0.179. The van der Waals surface area contributed by atoms with Crippen LogP contribution in [-0.2, 0) is 6.42 Å². The van der Waals surface area contributed by atoms with Crippen molar-refractivity contribution in [3.8, 4) is 0 Å². The van der Waals surface area contributed by atoms with Gasteiger partial charge in [-0.05, 0) is 34.3 Å². The van der Waals surface area contributed by atoms with E-state index in [0.717, 1.165) is 22.9 Å². The molecule has 0 saturated carbocycles. The lowest BCUT2D eigenvalue weighted by Crippen LogP contribution is -1.91. The second-order valence-corrected chi connectivity index (χ2v) is 3.60. The average Bonchev–Trinajstić information content (AvgIpc) is 2.53. The molecular weight excluding hydrogens is 230 g/mol. The number of halogens is 1. The van der Waals surface area contributed by atoms with E-state index in [1.807, 2.05) is 13.8 Å². The van der Waals surface area contributed by atoms with Gasteiger partial charge in [0.1, 0.15) is 0 Å². The van der Waals surface area contributed by atoms with E-state index in [1.54, 1.807) is 12.4 Å². The van der Waals surface area contributed by atoms with Crippen molar-refractivity contribution in [3.05, 3.63) is 28.0 Å². The van der Waals surface area contributed by atoms with Crippen LogP contribution in [0.5, 0.6) is 0 Å². The summed E-state index contributed by atoms with van der Waals surface area (Å²) in [5, 5.41) is 9.44. The van der Waals surface area contributed by atoms with Crippen LogP contribution in [0.2, 0.25) is 0 Å². The Morgan fingerprint density at radius 1 is 1.46 bits per heavy atom. The largest absolute Gasteiger partial charge is 0.388 e. The maximum atomic E-state index is 9.44. The van der Waals surface area contributed by atoms with Crippen LogP contribution >= 0.6 is 15.9 Å². The molecule has 1 atom stereocenters. The Kier molecular flexibility index (Phi) is 3.88. The summed E-state index contributed by atoms with van der Waals surface area (Å²) >= 11 is 3.40. The summed E-state index contributed by atoms with van der Waals surface area (Å²) in [7, 11) is 0. The van der Waals surface area contributed by atoms with E-state index in [-0.39, 0.29) is 6.10 Å². The lowest BCUT2D eigenvalue weighted by Gasteiger charge is -2.02. The predicted octanol–water partition coefficient (Wildman–Crippen LogP) is 2.85. The smallest absolute Gasteiger partial charge is 0.0811 e. The number of aliphatic hydroxyl groups is 1. The molecule has 0 aliphatic heterocycles. The van der Waals surface area contributed by atoms with Crippen LogP contribution in [0.15, 0.2) is 16.9 Å². The van der Waals surface area contributed by atoms with Crippen molar-refractivity contribution in [2.24, 2.45) is 0 Å². The molecule has 1 unspecified atom stereocenters. The Morgan fingerprint density at radius 2 is 2.15 bits per heavy atom. The van der Waals surface area contributed by atoms with Crippen LogP contribution in [-0.4, -0.2) is 10.1 Å². The normalized spacial score (nSPS) is 18.9. The Morgan fingerprint density at radius 3 is 2.77 bits per heavy atom. The first-order valence-corrected chi connectivity index (χ1v) is 5.38. The first-order valence-electron chi connectivity index (χ1n) is 4.59. The monoisotopic (exact) mass is 243 g/mol. The molecule has 1 aliphatic carbocycles. The zero-order valence-electron chi connectivity index (χ0n) is 7.92. The van der Waals surface area contributed by atoms with E-state index < -0.39 is 0 Å². The number of nitrogens with zero attached hydrogens (tertiary/aromatic N) is 1. The molecule has 1 N–H and O–H groups in total. The van der Waals surface area contributed by atoms with Crippen LogP contribution in [0.1, 0.15) is 37.5 Å². The van der Waals surface area contributed by atoms with Gasteiger partial charge in [0.2, 0.25) is 0 Å². The highest BCUT2D eigenvalue weighted by Gasteiger charge is 2.21. The third-order valence-corrected chi connectivity index (χ3v) is 2.75. The molecule has 0 spiro atoms. The van der Waals surface area contributed by atoms with Gasteiger partial charge in [-0.15, -0.1) is 0 Å². The minimum Gasteiger partial charge on any atom is -0.388 e.